The van der Waals surface area contributed by atoms with E-state index in [4.69, 9.17) is 4.74 Å². The largest absolute Gasteiger partial charge is 0.451 e. The second kappa shape index (κ2) is 9.19. The fourth-order valence-corrected chi connectivity index (χ4v) is 3.21. The summed E-state index contributed by atoms with van der Waals surface area (Å²) in [6.07, 6.45) is 4.68. The average molecular weight is 354 g/mol. The molecule has 0 radical (unpaired) electrons. The van der Waals surface area contributed by atoms with Crippen LogP contribution in [0.2, 0.25) is 0 Å². The Hall–Kier alpha value is -2.61. The van der Waals surface area contributed by atoms with Gasteiger partial charge in [-0.2, -0.15) is 5.26 Å². The van der Waals surface area contributed by atoms with Gasteiger partial charge in [-0.25, -0.2) is 4.79 Å². The van der Waals surface area contributed by atoms with Crippen molar-refractivity contribution in [2.45, 2.75) is 46.1 Å². The Morgan fingerprint density at radius 1 is 1.27 bits per heavy atom. The summed E-state index contributed by atoms with van der Waals surface area (Å²) >= 11 is 0. The lowest BCUT2D eigenvalue weighted by Gasteiger charge is -2.34. The van der Waals surface area contributed by atoms with Gasteiger partial charge < -0.3 is 10.1 Å². The van der Waals surface area contributed by atoms with Crippen molar-refractivity contribution in [3.05, 3.63) is 41.0 Å². The van der Waals surface area contributed by atoms with Crippen molar-refractivity contribution < 1.29 is 14.3 Å². The average Bonchev–Trinajstić information content (AvgIpc) is 2.63. The molecule has 0 bridgehead atoms. The highest BCUT2D eigenvalue weighted by molar-refractivity contribution is 5.98. The molecule has 1 aromatic rings. The molecule has 0 aliphatic heterocycles. The fraction of sp³-hybridized carbons (Fsp3) is 0.476. The van der Waals surface area contributed by atoms with Crippen LogP contribution in [0.25, 0.3) is 6.08 Å². The van der Waals surface area contributed by atoms with Crippen LogP contribution in [0.4, 0.5) is 0 Å². The zero-order chi connectivity index (χ0) is 19.1. The third-order valence-electron chi connectivity index (χ3n) is 5.12. The van der Waals surface area contributed by atoms with Gasteiger partial charge in [0.05, 0.1) is 0 Å². The summed E-state index contributed by atoms with van der Waals surface area (Å²) in [7, 11) is 0. The number of esters is 1. The Balaban J connectivity index is 1.89. The van der Waals surface area contributed by atoms with Crippen LogP contribution in [-0.2, 0) is 14.3 Å². The predicted molar refractivity (Wildman–Crippen MR) is 99.8 cm³/mol. The second-order valence-corrected chi connectivity index (χ2v) is 7.10. The monoisotopic (exact) mass is 354 g/mol. The maximum atomic E-state index is 12.1. The Kier molecular flexibility index (Phi) is 6.97. The normalized spacial score (nSPS) is 23.0. The van der Waals surface area contributed by atoms with Gasteiger partial charge in [-0.15, -0.1) is 0 Å². The molecule has 0 aromatic heterocycles. The van der Waals surface area contributed by atoms with Gasteiger partial charge in [0.2, 0.25) is 0 Å². The first-order valence-electron chi connectivity index (χ1n) is 9.05. The first-order valence-corrected chi connectivity index (χ1v) is 9.05. The molecule has 138 valence electrons. The van der Waals surface area contributed by atoms with Gasteiger partial charge >= 0.3 is 5.97 Å². The number of benzene rings is 1. The number of carbonyl (C=O) groups is 2. The standard InChI is InChI=1S/C21H26N2O3/c1-14-7-9-17(10-8-14)11-18(12-22)21(25)26-13-20(24)23-19-6-4-5-15(2)16(19)3/h7-11,15-16,19H,4-6,13H2,1-3H3,(H,23,24)/b18-11+/t15-,16+,19-/m1/s1. The third-order valence-corrected chi connectivity index (χ3v) is 5.12. The van der Waals surface area contributed by atoms with Crippen LogP contribution in [0.5, 0.6) is 0 Å². The number of nitrogens with zero attached hydrogens (tertiary/aromatic N) is 1. The highest BCUT2D eigenvalue weighted by atomic mass is 16.5. The summed E-state index contributed by atoms with van der Waals surface area (Å²) in [6.45, 7) is 5.92. The number of hydrogen-bond acceptors (Lipinski definition) is 4. The van der Waals surface area contributed by atoms with E-state index in [1.54, 1.807) is 0 Å². The molecule has 1 aliphatic rings. The number of rotatable bonds is 5. The third kappa shape index (κ3) is 5.45. The molecular formula is C21H26N2O3. The number of amides is 1. The molecule has 0 spiro atoms. The minimum atomic E-state index is -0.784. The molecule has 1 aliphatic carbocycles. The molecular weight excluding hydrogens is 328 g/mol. The van der Waals surface area contributed by atoms with E-state index in [2.05, 4.69) is 19.2 Å². The summed E-state index contributed by atoms with van der Waals surface area (Å²) in [5.41, 5.74) is 1.70. The molecule has 5 heteroatoms. The van der Waals surface area contributed by atoms with Crippen molar-refractivity contribution in [3.63, 3.8) is 0 Å². The van der Waals surface area contributed by atoms with E-state index >= 15 is 0 Å². The lowest BCUT2D eigenvalue weighted by atomic mass is 9.78. The lowest BCUT2D eigenvalue weighted by Crippen LogP contribution is -2.45. The van der Waals surface area contributed by atoms with Gasteiger partial charge in [-0.05, 0) is 36.8 Å². The van der Waals surface area contributed by atoms with Crippen molar-refractivity contribution in [1.29, 1.82) is 5.26 Å². The minimum absolute atomic E-state index is 0.114. The number of hydrogen-bond donors (Lipinski definition) is 1. The van der Waals surface area contributed by atoms with Crippen molar-refractivity contribution in [2.75, 3.05) is 6.61 Å². The summed E-state index contributed by atoms with van der Waals surface area (Å²) in [5, 5.41) is 12.1. The van der Waals surface area contributed by atoms with Crippen molar-refractivity contribution in [2.24, 2.45) is 11.8 Å². The Labute approximate surface area is 155 Å². The van der Waals surface area contributed by atoms with E-state index < -0.39 is 5.97 Å². The van der Waals surface area contributed by atoms with Gasteiger partial charge in [0.1, 0.15) is 11.6 Å². The van der Waals surface area contributed by atoms with Crippen LogP contribution < -0.4 is 5.32 Å². The van der Waals surface area contributed by atoms with Crippen molar-refractivity contribution >= 4 is 18.0 Å². The molecule has 1 aromatic carbocycles. The molecule has 0 heterocycles. The minimum Gasteiger partial charge on any atom is -0.451 e. The topological polar surface area (TPSA) is 79.2 Å². The molecule has 0 unspecified atom stereocenters. The van der Waals surface area contributed by atoms with Crippen LogP contribution in [0.3, 0.4) is 0 Å². The zero-order valence-corrected chi connectivity index (χ0v) is 15.6. The summed E-state index contributed by atoms with van der Waals surface area (Å²) in [5.74, 6) is -0.135. The SMILES string of the molecule is Cc1ccc(/C=C(\C#N)C(=O)OCC(=O)N[C@@H]2CCC[C@@H](C)[C@@H]2C)cc1. The summed E-state index contributed by atoms with van der Waals surface area (Å²) in [6, 6.07) is 9.38. The first-order chi connectivity index (χ1) is 12.4. The van der Waals surface area contributed by atoms with Crippen LogP contribution >= 0.6 is 0 Å². The number of nitrogens with one attached hydrogen (secondary N) is 1. The van der Waals surface area contributed by atoms with E-state index in [0.29, 0.717) is 11.8 Å². The van der Waals surface area contributed by atoms with Crippen molar-refractivity contribution in [3.8, 4) is 6.07 Å². The molecule has 1 amide bonds. The van der Waals surface area contributed by atoms with Gasteiger partial charge in [0.15, 0.2) is 6.61 Å². The summed E-state index contributed by atoms with van der Waals surface area (Å²) < 4.78 is 5.01. The van der Waals surface area contributed by atoms with E-state index in [1.165, 1.54) is 12.5 Å². The van der Waals surface area contributed by atoms with Crippen LogP contribution in [0.1, 0.15) is 44.2 Å². The van der Waals surface area contributed by atoms with Gasteiger partial charge in [-0.3, -0.25) is 4.79 Å². The predicted octanol–water partition coefficient (Wildman–Crippen LogP) is 3.39. The van der Waals surface area contributed by atoms with E-state index in [9.17, 15) is 14.9 Å². The smallest absolute Gasteiger partial charge is 0.349 e. The number of aryl methyl sites for hydroxylation is 1. The molecule has 26 heavy (non-hydrogen) atoms. The summed E-state index contributed by atoms with van der Waals surface area (Å²) in [4.78, 5) is 24.1. The maximum absolute atomic E-state index is 12.1. The van der Waals surface area contributed by atoms with Crippen LogP contribution in [0, 0.1) is 30.1 Å². The molecule has 5 nitrogen and oxygen atoms in total. The number of nitriles is 1. The maximum Gasteiger partial charge on any atom is 0.349 e. The number of ether oxygens (including phenoxy) is 1. The Morgan fingerprint density at radius 2 is 1.96 bits per heavy atom. The van der Waals surface area contributed by atoms with E-state index in [0.717, 1.165) is 24.0 Å². The molecule has 1 fully saturated rings. The quantitative estimate of drug-likeness (QED) is 0.499. The van der Waals surface area contributed by atoms with Crippen LogP contribution in [-0.4, -0.2) is 24.5 Å². The Morgan fingerprint density at radius 3 is 2.62 bits per heavy atom. The van der Waals surface area contributed by atoms with Crippen LogP contribution in [0.15, 0.2) is 29.8 Å². The zero-order valence-electron chi connectivity index (χ0n) is 15.6. The molecule has 3 atom stereocenters. The fourth-order valence-electron chi connectivity index (χ4n) is 3.21. The van der Waals surface area contributed by atoms with Gasteiger partial charge in [0, 0.05) is 6.04 Å². The molecule has 1 N–H and O–H groups in total. The van der Waals surface area contributed by atoms with E-state index in [-0.39, 0.29) is 24.1 Å². The molecule has 0 saturated heterocycles. The lowest BCUT2D eigenvalue weighted by molar-refractivity contribution is -0.144. The highest BCUT2D eigenvalue weighted by Crippen LogP contribution is 2.29. The van der Waals surface area contributed by atoms with Gasteiger partial charge in [-0.1, -0.05) is 56.5 Å². The number of carbonyl (C=O) groups excluding carboxylic acids is 2. The first kappa shape index (κ1) is 19.7. The molecule has 2 rings (SSSR count). The van der Waals surface area contributed by atoms with Gasteiger partial charge in [0.25, 0.3) is 5.91 Å². The van der Waals surface area contributed by atoms with Crippen molar-refractivity contribution in [1.82, 2.24) is 5.32 Å². The second-order valence-electron chi connectivity index (χ2n) is 7.10. The highest BCUT2D eigenvalue weighted by Gasteiger charge is 2.28. The van der Waals surface area contributed by atoms with E-state index in [1.807, 2.05) is 37.3 Å². The molecule has 1 saturated carbocycles. The Bertz CT molecular complexity index is 716.